The Morgan fingerprint density at radius 1 is 0.667 bits per heavy atom. The molecule has 184 valence electrons. The minimum atomic E-state index is 0.967. The number of thiazole rings is 1. The van der Waals surface area contributed by atoms with E-state index in [4.69, 9.17) is 4.98 Å². The van der Waals surface area contributed by atoms with E-state index in [1.54, 1.807) is 22.7 Å². The molecule has 0 saturated heterocycles. The van der Waals surface area contributed by atoms with E-state index in [2.05, 4.69) is 117 Å². The van der Waals surface area contributed by atoms with Crippen LogP contribution in [0.3, 0.4) is 0 Å². The number of pyridine rings is 1. The van der Waals surface area contributed by atoms with Gasteiger partial charge in [-0.05, 0) is 82.6 Å². The van der Waals surface area contributed by atoms with Gasteiger partial charge >= 0.3 is 0 Å². The van der Waals surface area contributed by atoms with Crippen molar-refractivity contribution in [3.63, 3.8) is 0 Å². The third-order valence-electron chi connectivity index (χ3n) is 7.21. The summed E-state index contributed by atoms with van der Waals surface area (Å²) in [7, 11) is 0. The average molecular weight is 536 g/mol. The second-order valence-electron chi connectivity index (χ2n) is 9.53. The Morgan fingerprint density at radius 3 is 2.44 bits per heavy atom. The Morgan fingerprint density at radius 2 is 1.56 bits per heavy atom. The molecule has 0 fully saturated rings. The SMILES string of the molecule is c1ccc(-c2cccc(-n3c4ccccc4c4c(-c5ccsc5)cc(-c5nc6ccccc6s5)cc43)c2)nc1. The van der Waals surface area contributed by atoms with E-state index in [-0.39, 0.29) is 0 Å². The lowest BCUT2D eigenvalue weighted by atomic mass is 9.99. The maximum absolute atomic E-state index is 5.03. The molecule has 0 aliphatic rings. The highest BCUT2D eigenvalue weighted by Gasteiger charge is 2.19. The van der Waals surface area contributed by atoms with Crippen LogP contribution in [-0.4, -0.2) is 14.5 Å². The van der Waals surface area contributed by atoms with Gasteiger partial charge in [0, 0.05) is 33.8 Å². The normalized spacial score (nSPS) is 11.6. The van der Waals surface area contributed by atoms with E-state index >= 15 is 0 Å². The topological polar surface area (TPSA) is 30.7 Å². The van der Waals surface area contributed by atoms with Gasteiger partial charge in [-0.2, -0.15) is 11.3 Å². The fourth-order valence-corrected chi connectivity index (χ4v) is 7.09. The summed E-state index contributed by atoms with van der Waals surface area (Å²) in [5.74, 6) is 0. The van der Waals surface area contributed by atoms with Crippen LogP contribution in [0, 0.1) is 0 Å². The summed E-state index contributed by atoms with van der Waals surface area (Å²) in [5, 5.41) is 7.93. The van der Waals surface area contributed by atoms with Crippen molar-refractivity contribution in [1.82, 2.24) is 14.5 Å². The monoisotopic (exact) mass is 535 g/mol. The highest BCUT2D eigenvalue weighted by atomic mass is 32.1. The first-order valence-corrected chi connectivity index (χ1v) is 14.6. The molecule has 0 saturated carbocycles. The Hall–Kier alpha value is -4.58. The molecule has 0 bridgehead atoms. The average Bonchev–Trinajstić information content (AvgIpc) is 3.75. The maximum atomic E-state index is 5.03. The van der Waals surface area contributed by atoms with Crippen molar-refractivity contribution in [3.05, 3.63) is 126 Å². The highest BCUT2D eigenvalue weighted by Crippen LogP contribution is 2.43. The number of para-hydroxylation sites is 2. The Kier molecular flexibility index (Phi) is 5.18. The van der Waals surface area contributed by atoms with Gasteiger partial charge < -0.3 is 4.57 Å². The molecule has 0 aliphatic heterocycles. The van der Waals surface area contributed by atoms with E-state index < -0.39 is 0 Å². The molecular weight excluding hydrogens is 515 g/mol. The first-order chi connectivity index (χ1) is 19.3. The van der Waals surface area contributed by atoms with Gasteiger partial charge in [-0.3, -0.25) is 4.98 Å². The third kappa shape index (κ3) is 3.70. The minimum Gasteiger partial charge on any atom is -0.309 e. The third-order valence-corrected chi connectivity index (χ3v) is 8.98. The fourth-order valence-electron chi connectivity index (χ4n) is 5.48. The van der Waals surface area contributed by atoms with Crippen LogP contribution in [0.4, 0.5) is 0 Å². The largest absolute Gasteiger partial charge is 0.309 e. The molecule has 0 amide bonds. The molecule has 5 heteroatoms. The lowest BCUT2D eigenvalue weighted by molar-refractivity contribution is 1.18. The van der Waals surface area contributed by atoms with Crippen LogP contribution in [-0.2, 0) is 0 Å². The fraction of sp³-hybridized carbons (Fsp3) is 0. The lowest BCUT2D eigenvalue weighted by Crippen LogP contribution is -1.95. The number of thiophene rings is 1. The second kappa shape index (κ2) is 9.02. The van der Waals surface area contributed by atoms with Gasteiger partial charge in [0.1, 0.15) is 5.01 Å². The smallest absolute Gasteiger partial charge is 0.124 e. The van der Waals surface area contributed by atoms with Crippen LogP contribution in [0.1, 0.15) is 0 Å². The first kappa shape index (κ1) is 22.4. The van der Waals surface area contributed by atoms with Crippen molar-refractivity contribution in [3.8, 4) is 38.6 Å². The molecular formula is C34H21N3S2. The number of benzene rings is 4. The molecule has 4 heterocycles. The van der Waals surface area contributed by atoms with Crippen molar-refractivity contribution in [1.29, 1.82) is 0 Å². The predicted molar refractivity (Wildman–Crippen MR) is 166 cm³/mol. The van der Waals surface area contributed by atoms with Crippen molar-refractivity contribution in [2.75, 3.05) is 0 Å². The van der Waals surface area contributed by atoms with E-state index in [9.17, 15) is 0 Å². The molecule has 0 atom stereocenters. The molecule has 8 aromatic rings. The molecule has 0 radical (unpaired) electrons. The van der Waals surface area contributed by atoms with E-state index in [0.29, 0.717) is 0 Å². The zero-order valence-electron chi connectivity index (χ0n) is 20.8. The molecule has 4 aromatic carbocycles. The number of aromatic nitrogens is 3. The van der Waals surface area contributed by atoms with Crippen molar-refractivity contribution < 1.29 is 0 Å². The van der Waals surface area contributed by atoms with Crippen molar-refractivity contribution in [2.24, 2.45) is 0 Å². The number of hydrogen-bond donors (Lipinski definition) is 0. The van der Waals surface area contributed by atoms with E-state index in [1.165, 1.54) is 37.6 Å². The maximum Gasteiger partial charge on any atom is 0.124 e. The highest BCUT2D eigenvalue weighted by molar-refractivity contribution is 7.21. The summed E-state index contributed by atoms with van der Waals surface area (Å²) >= 11 is 3.48. The molecule has 0 spiro atoms. The van der Waals surface area contributed by atoms with Gasteiger partial charge in [0.25, 0.3) is 0 Å². The van der Waals surface area contributed by atoms with Gasteiger partial charge in [-0.15, -0.1) is 11.3 Å². The summed E-state index contributed by atoms with van der Waals surface area (Å²) in [4.78, 5) is 9.63. The number of hydrogen-bond acceptors (Lipinski definition) is 4. The molecule has 4 aromatic heterocycles. The van der Waals surface area contributed by atoms with Crippen LogP contribution >= 0.6 is 22.7 Å². The van der Waals surface area contributed by atoms with Crippen LogP contribution in [0.2, 0.25) is 0 Å². The summed E-state index contributed by atoms with van der Waals surface area (Å²) in [6.45, 7) is 0. The van der Waals surface area contributed by atoms with E-state index in [1.807, 2.05) is 18.3 Å². The van der Waals surface area contributed by atoms with Crippen molar-refractivity contribution in [2.45, 2.75) is 0 Å². The summed E-state index contributed by atoms with van der Waals surface area (Å²) in [6.07, 6.45) is 1.85. The van der Waals surface area contributed by atoms with Gasteiger partial charge in [0.15, 0.2) is 0 Å². The van der Waals surface area contributed by atoms with Gasteiger partial charge in [0.2, 0.25) is 0 Å². The number of rotatable bonds is 4. The number of fused-ring (bicyclic) bond motifs is 4. The minimum absolute atomic E-state index is 0.967. The Bertz CT molecular complexity index is 2090. The van der Waals surface area contributed by atoms with Crippen molar-refractivity contribution >= 4 is 54.7 Å². The summed E-state index contributed by atoms with van der Waals surface area (Å²) < 4.78 is 3.59. The van der Waals surface area contributed by atoms with Gasteiger partial charge in [-0.25, -0.2) is 4.98 Å². The standard InChI is InChI=1S/C34H21N3S2/c1-3-13-30-26(10-1)33-27(23-15-17-38-21-23)19-24(34-36-29-12-2-4-14-32(29)39-34)20-31(33)37(30)25-9-7-8-22(18-25)28-11-5-6-16-35-28/h1-21H. The molecule has 0 aliphatic carbocycles. The quantitative estimate of drug-likeness (QED) is 0.224. The van der Waals surface area contributed by atoms with Crippen LogP contribution in [0.15, 0.2) is 126 Å². The second-order valence-corrected chi connectivity index (χ2v) is 11.3. The Balaban J connectivity index is 1.46. The predicted octanol–water partition coefficient (Wildman–Crippen LogP) is 9.85. The Labute approximate surface area is 233 Å². The van der Waals surface area contributed by atoms with Crippen LogP contribution < -0.4 is 0 Å². The number of nitrogens with zero attached hydrogens (tertiary/aromatic N) is 3. The van der Waals surface area contributed by atoms with E-state index in [0.717, 1.165) is 33.0 Å². The zero-order valence-corrected chi connectivity index (χ0v) is 22.4. The van der Waals surface area contributed by atoms with Crippen LogP contribution in [0.25, 0.3) is 70.7 Å². The zero-order chi connectivity index (χ0) is 25.8. The molecule has 3 nitrogen and oxygen atoms in total. The first-order valence-electron chi connectivity index (χ1n) is 12.8. The van der Waals surface area contributed by atoms with Crippen LogP contribution in [0.5, 0.6) is 0 Å². The van der Waals surface area contributed by atoms with Gasteiger partial charge in [0.05, 0.1) is 26.9 Å². The molecule has 39 heavy (non-hydrogen) atoms. The molecule has 0 N–H and O–H groups in total. The summed E-state index contributed by atoms with van der Waals surface area (Å²) in [5.41, 5.74) is 10.2. The molecule has 8 rings (SSSR count). The molecule has 0 unspecified atom stereocenters. The van der Waals surface area contributed by atoms with Gasteiger partial charge in [-0.1, -0.05) is 48.5 Å². The summed E-state index contributed by atoms with van der Waals surface area (Å²) in [6, 6.07) is 38.7. The lowest BCUT2D eigenvalue weighted by Gasteiger charge is -2.12.